The van der Waals surface area contributed by atoms with E-state index in [0.717, 1.165) is 19.3 Å². The SMILES string of the molecule is CCOC(=O)COc1c(I)cc(/C=C(\C#N)C(=O)N[C@@H]2CCCC[C@H]2C)cc1OCC. The standard InChI is InChI=1S/C23H29IN2O5/c1-4-29-20-12-16(11-18(24)22(20)31-14-21(27)30-5-2)10-17(13-25)23(28)26-19-9-7-6-8-15(19)3/h10-12,15,19H,4-9,14H2,1-3H3,(H,26,28)/b17-10+/t15-,19-/m1/s1. The van der Waals surface area contributed by atoms with Gasteiger partial charge in [-0.25, -0.2) is 4.79 Å². The van der Waals surface area contributed by atoms with Gasteiger partial charge in [0.25, 0.3) is 5.91 Å². The average molecular weight is 540 g/mol. The second-order valence-corrected chi connectivity index (χ2v) is 8.53. The lowest BCUT2D eigenvalue weighted by Gasteiger charge is -2.29. The molecule has 1 N–H and O–H groups in total. The number of amides is 1. The molecule has 0 saturated heterocycles. The molecule has 2 rings (SSSR count). The zero-order chi connectivity index (χ0) is 22.8. The minimum absolute atomic E-state index is 0.0382. The molecule has 1 fully saturated rings. The van der Waals surface area contributed by atoms with E-state index in [4.69, 9.17) is 14.2 Å². The third-order valence-corrected chi connectivity index (χ3v) is 5.88. The molecule has 8 heteroatoms. The lowest BCUT2D eigenvalue weighted by molar-refractivity contribution is -0.145. The number of esters is 1. The Morgan fingerprint density at radius 3 is 2.61 bits per heavy atom. The van der Waals surface area contributed by atoms with E-state index in [1.54, 1.807) is 25.1 Å². The molecule has 1 aromatic rings. The summed E-state index contributed by atoms with van der Waals surface area (Å²) < 4.78 is 16.9. The smallest absolute Gasteiger partial charge is 0.344 e. The van der Waals surface area contributed by atoms with Crippen LogP contribution in [0.1, 0.15) is 52.0 Å². The summed E-state index contributed by atoms with van der Waals surface area (Å²) >= 11 is 2.07. The van der Waals surface area contributed by atoms with Crippen LogP contribution in [0.2, 0.25) is 0 Å². The van der Waals surface area contributed by atoms with Crippen molar-refractivity contribution in [3.8, 4) is 17.6 Å². The second kappa shape index (κ2) is 12.5. The lowest BCUT2D eigenvalue weighted by atomic mass is 9.86. The Morgan fingerprint density at radius 2 is 1.97 bits per heavy atom. The van der Waals surface area contributed by atoms with Crippen LogP contribution < -0.4 is 14.8 Å². The number of hydrogen-bond acceptors (Lipinski definition) is 6. The van der Waals surface area contributed by atoms with Crippen molar-refractivity contribution in [3.05, 3.63) is 26.8 Å². The first-order valence-corrected chi connectivity index (χ1v) is 11.6. The van der Waals surface area contributed by atoms with Gasteiger partial charge in [-0.05, 0) is 79.0 Å². The number of carbonyl (C=O) groups excluding carboxylic acids is 2. The molecule has 1 aliphatic carbocycles. The van der Waals surface area contributed by atoms with Crippen LogP contribution in [-0.2, 0) is 14.3 Å². The summed E-state index contributed by atoms with van der Waals surface area (Å²) in [5.41, 5.74) is 0.677. The van der Waals surface area contributed by atoms with Crippen LogP contribution >= 0.6 is 22.6 Å². The fourth-order valence-electron chi connectivity index (χ4n) is 3.50. The Labute approximate surface area is 197 Å². The van der Waals surface area contributed by atoms with Gasteiger partial charge in [-0.2, -0.15) is 5.26 Å². The fraction of sp³-hybridized carbons (Fsp3) is 0.522. The van der Waals surface area contributed by atoms with Crippen LogP contribution in [0.15, 0.2) is 17.7 Å². The molecular weight excluding hydrogens is 511 g/mol. The second-order valence-electron chi connectivity index (χ2n) is 7.37. The molecule has 31 heavy (non-hydrogen) atoms. The van der Waals surface area contributed by atoms with Gasteiger partial charge in [0.05, 0.1) is 16.8 Å². The molecule has 0 unspecified atom stereocenters. The Morgan fingerprint density at radius 1 is 1.23 bits per heavy atom. The number of halogens is 1. The van der Waals surface area contributed by atoms with E-state index in [1.807, 2.05) is 13.0 Å². The minimum Gasteiger partial charge on any atom is -0.490 e. The molecule has 1 amide bonds. The van der Waals surface area contributed by atoms with Crippen molar-refractivity contribution in [3.63, 3.8) is 0 Å². The van der Waals surface area contributed by atoms with E-state index in [2.05, 4.69) is 34.8 Å². The van der Waals surface area contributed by atoms with Crippen LogP contribution in [0.4, 0.5) is 0 Å². The largest absolute Gasteiger partial charge is 0.490 e. The molecule has 1 saturated carbocycles. The molecule has 0 aromatic heterocycles. The summed E-state index contributed by atoms with van der Waals surface area (Å²) in [5, 5.41) is 12.6. The van der Waals surface area contributed by atoms with Crippen molar-refractivity contribution in [1.82, 2.24) is 5.32 Å². The third-order valence-electron chi connectivity index (χ3n) is 5.08. The number of carbonyl (C=O) groups is 2. The highest BCUT2D eigenvalue weighted by Crippen LogP contribution is 2.35. The van der Waals surface area contributed by atoms with E-state index in [1.165, 1.54) is 6.42 Å². The number of hydrogen-bond donors (Lipinski definition) is 1. The number of nitrogens with zero attached hydrogens (tertiary/aromatic N) is 1. The van der Waals surface area contributed by atoms with Crippen molar-refractivity contribution >= 4 is 40.5 Å². The third kappa shape index (κ3) is 7.42. The minimum atomic E-state index is -0.468. The van der Waals surface area contributed by atoms with Crippen molar-refractivity contribution < 1.29 is 23.8 Å². The van der Waals surface area contributed by atoms with Crippen LogP contribution in [0.5, 0.6) is 11.5 Å². The molecule has 1 aromatic carbocycles. The van der Waals surface area contributed by atoms with Crippen molar-refractivity contribution in [1.29, 1.82) is 5.26 Å². The number of nitriles is 1. The first-order chi connectivity index (χ1) is 14.9. The summed E-state index contributed by atoms with van der Waals surface area (Å²) in [4.78, 5) is 24.3. The number of ether oxygens (including phenoxy) is 3. The Kier molecular flexibility index (Phi) is 10.1. The molecule has 0 spiro atoms. The lowest BCUT2D eigenvalue weighted by Crippen LogP contribution is -2.41. The van der Waals surface area contributed by atoms with E-state index in [9.17, 15) is 14.9 Å². The van der Waals surface area contributed by atoms with Gasteiger partial charge in [-0.1, -0.05) is 19.8 Å². The van der Waals surface area contributed by atoms with Gasteiger partial charge >= 0.3 is 5.97 Å². The predicted octanol–water partition coefficient (Wildman–Crippen LogP) is 4.23. The first kappa shape index (κ1) is 25.0. The molecule has 0 heterocycles. The quantitative estimate of drug-likeness (QED) is 0.218. The Balaban J connectivity index is 2.22. The number of rotatable bonds is 9. The van der Waals surface area contributed by atoms with E-state index >= 15 is 0 Å². The fourth-order valence-corrected chi connectivity index (χ4v) is 4.28. The topological polar surface area (TPSA) is 97.7 Å². The summed E-state index contributed by atoms with van der Waals surface area (Å²) in [7, 11) is 0. The van der Waals surface area contributed by atoms with Gasteiger partial charge < -0.3 is 19.5 Å². The Bertz CT molecular complexity index is 862. The molecule has 0 aliphatic heterocycles. The van der Waals surface area contributed by atoms with Gasteiger partial charge in [0.2, 0.25) is 0 Å². The van der Waals surface area contributed by atoms with E-state index in [0.29, 0.717) is 33.2 Å². The van der Waals surface area contributed by atoms with Crippen LogP contribution in [-0.4, -0.2) is 37.7 Å². The molecular formula is C23H29IN2O5. The highest BCUT2D eigenvalue weighted by molar-refractivity contribution is 14.1. The molecule has 7 nitrogen and oxygen atoms in total. The van der Waals surface area contributed by atoms with Crippen molar-refractivity contribution in [2.45, 2.75) is 52.5 Å². The summed E-state index contributed by atoms with van der Waals surface area (Å²) in [6.07, 6.45) is 5.83. The zero-order valence-electron chi connectivity index (χ0n) is 18.2. The number of nitrogens with one attached hydrogen (secondary N) is 1. The Hall–Kier alpha value is -2.28. The number of benzene rings is 1. The van der Waals surface area contributed by atoms with Crippen LogP contribution in [0, 0.1) is 20.8 Å². The van der Waals surface area contributed by atoms with Gasteiger partial charge in [0.15, 0.2) is 18.1 Å². The van der Waals surface area contributed by atoms with Gasteiger partial charge in [-0.3, -0.25) is 4.79 Å². The molecule has 2 atom stereocenters. The normalized spacial score (nSPS) is 18.6. The molecule has 1 aliphatic rings. The van der Waals surface area contributed by atoms with E-state index in [-0.39, 0.29) is 30.7 Å². The average Bonchev–Trinajstić information content (AvgIpc) is 2.73. The maximum Gasteiger partial charge on any atom is 0.344 e. The highest BCUT2D eigenvalue weighted by Gasteiger charge is 2.24. The highest BCUT2D eigenvalue weighted by atomic mass is 127. The van der Waals surface area contributed by atoms with Gasteiger partial charge in [0, 0.05) is 6.04 Å². The van der Waals surface area contributed by atoms with Crippen LogP contribution in [0.3, 0.4) is 0 Å². The summed E-state index contributed by atoms with van der Waals surface area (Å²) in [6, 6.07) is 5.57. The summed E-state index contributed by atoms with van der Waals surface area (Å²) in [5.74, 6) is 0.427. The van der Waals surface area contributed by atoms with E-state index < -0.39 is 5.97 Å². The van der Waals surface area contributed by atoms with Crippen molar-refractivity contribution in [2.24, 2.45) is 5.92 Å². The first-order valence-electron chi connectivity index (χ1n) is 10.6. The molecule has 168 valence electrons. The zero-order valence-corrected chi connectivity index (χ0v) is 20.4. The maximum absolute atomic E-state index is 12.7. The van der Waals surface area contributed by atoms with Gasteiger partial charge in [-0.15, -0.1) is 0 Å². The molecule has 0 radical (unpaired) electrons. The predicted molar refractivity (Wildman–Crippen MR) is 126 cm³/mol. The molecule has 0 bridgehead atoms. The monoisotopic (exact) mass is 540 g/mol. The van der Waals surface area contributed by atoms with Gasteiger partial charge in [0.1, 0.15) is 11.6 Å². The summed E-state index contributed by atoms with van der Waals surface area (Å²) in [6.45, 7) is 6.14. The van der Waals surface area contributed by atoms with Crippen molar-refractivity contribution in [2.75, 3.05) is 19.8 Å². The maximum atomic E-state index is 12.7. The van der Waals surface area contributed by atoms with Crippen LogP contribution in [0.25, 0.3) is 6.08 Å².